The van der Waals surface area contributed by atoms with Crippen molar-refractivity contribution in [1.29, 1.82) is 0 Å². The number of nitrogens with zero attached hydrogens (tertiary/aromatic N) is 1. The SMILES string of the molecule is Cc1cc(C)c(-c2nc(C)oc2C(=O)O)c(C)c1. The number of aryl methyl sites for hydroxylation is 4. The first-order valence-corrected chi connectivity index (χ1v) is 5.69. The quantitative estimate of drug-likeness (QED) is 0.881. The molecule has 1 heterocycles. The van der Waals surface area contributed by atoms with Crippen LogP contribution in [-0.4, -0.2) is 16.1 Å². The molecular weight excluding hydrogens is 230 g/mol. The van der Waals surface area contributed by atoms with E-state index in [9.17, 15) is 4.79 Å². The van der Waals surface area contributed by atoms with E-state index in [0.29, 0.717) is 11.6 Å². The maximum Gasteiger partial charge on any atom is 0.374 e. The highest BCUT2D eigenvalue weighted by molar-refractivity contribution is 5.92. The van der Waals surface area contributed by atoms with E-state index in [2.05, 4.69) is 4.98 Å². The fraction of sp³-hybridized carbons (Fsp3) is 0.286. The third kappa shape index (κ3) is 2.01. The van der Waals surface area contributed by atoms with Crippen LogP contribution in [0.25, 0.3) is 11.3 Å². The van der Waals surface area contributed by atoms with E-state index in [0.717, 1.165) is 22.3 Å². The van der Waals surface area contributed by atoms with E-state index in [-0.39, 0.29) is 5.76 Å². The first-order valence-electron chi connectivity index (χ1n) is 5.69. The van der Waals surface area contributed by atoms with Gasteiger partial charge < -0.3 is 9.52 Å². The van der Waals surface area contributed by atoms with Crippen molar-refractivity contribution in [3.63, 3.8) is 0 Å². The van der Waals surface area contributed by atoms with E-state index in [1.54, 1.807) is 6.92 Å². The van der Waals surface area contributed by atoms with Gasteiger partial charge in [-0.1, -0.05) is 17.7 Å². The number of carboxylic acid groups (broad SMARTS) is 1. The molecule has 0 saturated heterocycles. The van der Waals surface area contributed by atoms with Crippen LogP contribution in [0.2, 0.25) is 0 Å². The molecule has 0 fully saturated rings. The number of oxazole rings is 1. The molecule has 1 aromatic carbocycles. The van der Waals surface area contributed by atoms with Crippen LogP contribution < -0.4 is 0 Å². The molecule has 1 N–H and O–H groups in total. The van der Waals surface area contributed by atoms with Crippen LogP contribution in [0.4, 0.5) is 0 Å². The largest absolute Gasteiger partial charge is 0.475 e. The molecule has 0 radical (unpaired) electrons. The second-order valence-corrected chi connectivity index (χ2v) is 4.49. The van der Waals surface area contributed by atoms with Crippen LogP contribution in [0.3, 0.4) is 0 Å². The predicted molar refractivity (Wildman–Crippen MR) is 67.8 cm³/mol. The molecule has 2 aromatic rings. The van der Waals surface area contributed by atoms with Gasteiger partial charge in [-0.05, 0) is 31.9 Å². The fourth-order valence-electron chi connectivity index (χ4n) is 2.30. The van der Waals surface area contributed by atoms with Gasteiger partial charge in [0.1, 0.15) is 5.69 Å². The normalized spacial score (nSPS) is 10.7. The van der Waals surface area contributed by atoms with Gasteiger partial charge in [-0.15, -0.1) is 0 Å². The van der Waals surface area contributed by atoms with E-state index in [4.69, 9.17) is 9.52 Å². The van der Waals surface area contributed by atoms with Gasteiger partial charge in [0.2, 0.25) is 5.76 Å². The van der Waals surface area contributed by atoms with Crippen molar-refractivity contribution in [2.24, 2.45) is 0 Å². The number of hydrogen-bond donors (Lipinski definition) is 1. The molecule has 0 amide bonds. The van der Waals surface area contributed by atoms with Crippen LogP contribution >= 0.6 is 0 Å². The van der Waals surface area contributed by atoms with Crippen molar-refractivity contribution in [2.45, 2.75) is 27.7 Å². The van der Waals surface area contributed by atoms with Crippen molar-refractivity contribution in [1.82, 2.24) is 4.98 Å². The van der Waals surface area contributed by atoms with Crippen molar-refractivity contribution in [3.8, 4) is 11.3 Å². The number of aromatic nitrogens is 1. The lowest BCUT2D eigenvalue weighted by Crippen LogP contribution is -1.99. The highest BCUT2D eigenvalue weighted by Crippen LogP contribution is 2.30. The standard InChI is InChI=1S/C14H15NO3/c1-7-5-8(2)11(9(3)6-7)12-13(14(16)17)18-10(4)15-12/h5-6H,1-4H3,(H,16,17). The third-order valence-electron chi connectivity index (χ3n) is 2.84. The summed E-state index contributed by atoms with van der Waals surface area (Å²) >= 11 is 0. The van der Waals surface area contributed by atoms with Gasteiger partial charge in [0.25, 0.3) is 0 Å². The zero-order valence-electron chi connectivity index (χ0n) is 10.9. The van der Waals surface area contributed by atoms with Crippen LogP contribution in [-0.2, 0) is 0 Å². The molecule has 94 valence electrons. The molecule has 0 atom stereocenters. The Hall–Kier alpha value is -2.10. The van der Waals surface area contributed by atoms with Crippen molar-refractivity contribution in [3.05, 3.63) is 40.5 Å². The molecule has 0 aliphatic carbocycles. The van der Waals surface area contributed by atoms with Gasteiger partial charge in [-0.2, -0.15) is 0 Å². The van der Waals surface area contributed by atoms with Gasteiger partial charge >= 0.3 is 5.97 Å². The Balaban J connectivity index is 2.73. The molecule has 0 bridgehead atoms. The van der Waals surface area contributed by atoms with Crippen LogP contribution in [0.15, 0.2) is 16.5 Å². The van der Waals surface area contributed by atoms with E-state index >= 15 is 0 Å². The fourth-order valence-corrected chi connectivity index (χ4v) is 2.30. The lowest BCUT2D eigenvalue weighted by molar-refractivity contribution is 0.0662. The lowest BCUT2D eigenvalue weighted by Gasteiger charge is -2.09. The van der Waals surface area contributed by atoms with Crippen LogP contribution in [0, 0.1) is 27.7 Å². The lowest BCUT2D eigenvalue weighted by atomic mass is 9.96. The minimum atomic E-state index is -1.09. The maximum absolute atomic E-state index is 11.2. The number of hydrogen-bond acceptors (Lipinski definition) is 3. The van der Waals surface area contributed by atoms with Crippen LogP contribution in [0.5, 0.6) is 0 Å². The Bertz CT molecular complexity index is 603. The van der Waals surface area contributed by atoms with Crippen molar-refractivity contribution in [2.75, 3.05) is 0 Å². The Morgan fingerprint density at radius 2 is 1.72 bits per heavy atom. The number of rotatable bonds is 2. The monoisotopic (exact) mass is 245 g/mol. The van der Waals surface area contributed by atoms with Crippen LogP contribution in [0.1, 0.15) is 33.1 Å². The second kappa shape index (κ2) is 4.29. The minimum absolute atomic E-state index is 0.0949. The van der Waals surface area contributed by atoms with Crippen molar-refractivity contribution >= 4 is 5.97 Å². The van der Waals surface area contributed by atoms with Gasteiger partial charge in [-0.3, -0.25) is 0 Å². The summed E-state index contributed by atoms with van der Waals surface area (Å²) in [5, 5.41) is 9.14. The molecule has 0 aliphatic rings. The summed E-state index contributed by atoms with van der Waals surface area (Å²) in [5.41, 5.74) is 4.40. The summed E-state index contributed by atoms with van der Waals surface area (Å²) in [6.07, 6.45) is 0. The summed E-state index contributed by atoms with van der Waals surface area (Å²) < 4.78 is 5.16. The van der Waals surface area contributed by atoms with E-state index < -0.39 is 5.97 Å². The van der Waals surface area contributed by atoms with Gasteiger partial charge in [-0.25, -0.2) is 9.78 Å². The highest BCUT2D eigenvalue weighted by Gasteiger charge is 2.22. The molecule has 0 saturated carbocycles. The number of aromatic carboxylic acids is 1. The first-order chi connectivity index (χ1) is 8.40. The molecule has 18 heavy (non-hydrogen) atoms. The first kappa shape index (κ1) is 12.4. The minimum Gasteiger partial charge on any atom is -0.475 e. The molecule has 4 nitrogen and oxygen atoms in total. The highest BCUT2D eigenvalue weighted by atomic mass is 16.4. The molecular formula is C14H15NO3. The Morgan fingerprint density at radius 3 is 2.22 bits per heavy atom. The average Bonchev–Trinajstić information content (AvgIpc) is 2.58. The average molecular weight is 245 g/mol. The number of carbonyl (C=O) groups is 1. The van der Waals surface area contributed by atoms with E-state index in [1.807, 2.05) is 32.9 Å². The second-order valence-electron chi connectivity index (χ2n) is 4.49. The predicted octanol–water partition coefficient (Wildman–Crippen LogP) is 3.27. The summed E-state index contributed by atoms with van der Waals surface area (Å²) in [7, 11) is 0. The van der Waals surface area contributed by atoms with Gasteiger partial charge in [0.05, 0.1) is 0 Å². The molecule has 4 heteroatoms. The topological polar surface area (TPSA) is 63.3 Å². The summed E-state index contributed by atoms with van der Waals surface area (Å²) in [6, 6.07) is 4.02. The smallest absolute Gasteiger partial charge is 0.374 e. The summed E-state index contributed by atoms with van der Waals surface area (Å²) in [6.45, 7) is 7.56. The molecule has 1 aromatic heterocycles. The Labute approximate surface area is 105 Å². The van der Waals surface area contributed by atoms with Crippen molar-refractivity contribution < 1.29 is 14.3 Å². The zero-order chi connectivity index (χ0) is 13.4. The molecule has 0 unspecified atom stereocenters. The maximum atomic E-state index is 11.2. The zero-order valence-corrected chi connectivity index (χ0v) is 10.9. The number of benzene rings is 1. The Morgan fingerprint density at radius 1 is 1.17 bits per heavy atom. The summed E-state index contributed by atoms with van der Waals surface area (Å²) in [5.74, 6) is -0.825. The Kier molecular flexibility index (Phi) is 2.95. The molecule has 0 spiro atoms. The summed E-state index contributed by atoms with van der Waals surface area (Å²) in [4.78, 5) is 15.4. The molecule has 0 aliphatic heterocycles. The van der Waals surface area contributed by atoms with E-state index in [1.165, 1.54) is 0 Å². The molecule has 2 rings (SSSR count). The third-order valence-corrected chi connectivity index (χ3v) is 2.84. The number of carboxylic acids is 1. The van der Waals surface area contributed by atoms with Gasteiger partial charge in [0, 0.05) is 12.5 Å². The van der Waals surface area contributed by atoms with Gasteiger partial charge in [0.15, 0.2) is 5.89 Å².